The van der Waals surface area contributed by atoms with Crippen molar-refractivity contribution >= 4 is 41.2 Å². The molecule has 1 aliphatic heterocycles. The van der Waals surface area contributed by atoms with Gasteiger partial charge >= 0.3 is 0 Å². The molecule has 2 N–H and O–H groups in total. The van der Waals surface area contributed by atoms with E-state index in [1.165, 1.54) is 16.8 Å². The van der Waals surface area contributed by atoms with E-state index in [0.717, 1.165) is 22.3 Å². The Morgan fingerprint density at radius 2 is 1.31 bits per heavy atom. The van der Waals surface area contributed by atoms with Gasteiger partial charge in [0.25, 0.3) is 17.7 Å². The zero-order chi connectivity index (χ0) is 27.4. The molecule has 1 fully saturated rings. The number of nitrogens with zero attached hydrogens (tertiary/aromatic N) is 1. The minimum absolute atomic E-state index is 0.231. The first kappa shape index (κ1) is 26.0. The third-order valence-electron chi connectivity index (χ3n) is 6.30. The summed E-state index contributed by atoms with van der Waals surface area (Å²) in [4.78, 5) is 39.7. The SMILES string of the molecule is Cc1ccc(/C=C2\SC(c3ccccc3)N(NC(=O)c3ccc(NC(=O)c4ccc(C)cc4)cc3)C2=O)cc1. The number of hydrazine groups is 1. The highest BCUT2D eigenvalue weighted by Gasteiger charge is 2.38. The molecule has 0 bridgehead atoms. The summed E-state index contributed by atoms with van der Waals surface area (Å²) >= 11 is 1.40. The van der Waals surface area contributed by atoms with Crippen LogP contribution in [0.25, 0.3) is 6.08 Å². The molecule has 1 atom stereocenters. The predicted octanol–water partition coefficient (Wildman–Crippen LogP) is 6.52. The van der Waals surface area contributed by atoms with Gasteiger partial charge in [-0.2, -0.15) is 0 Å². The molecule has 0 aliphatic carbocycles. The summed E-state index contributed by atoms with van der Waals surface area (Å²) in [7, 11) is 0. The Labute approximate surface area is 231 Å². The van der Waals surface area contributed by atoms with E-state index in [-0.39, 0.29) is 11.8 Å². The van der Waals surface area contributed by atoms with Gasteiger partial charge in [0.1, 0.15) is 5.37 Å². The van der Waals surface area contributed by atoms with Gasteiger partial charge in [-0.3, -0.25) is 19.8 Å². The number of hydrogen-bond donors (Lipinski definition) is 2. The molecule has 0 saturated carbocycles. The van der Waals surface area contributed by atoms with Crippen LogP contribution in [0.2, 0.25) is 0 Å². The van der Waals surface area contributed by atoms with Crippen LogP contribution in [0, 0.1) is 13.8 Å². The van der Waals surface area contributed by atoms with Crippen molar-refractivity contribution in [3.63, 3.8) is 0 Å². The molecule has 4 aromatic rings. The van der Waals surface area contributed by atoms with E-state index in [4.69, 9.17) is 0 Å². The average molecular weight is 534 g/mol. The lowest BCUT2D eigenvalue weighted by atomic mass is 10.1. The first-order valence-corrected chi connectivity index (χ1v) is 13.4. The highest BCUT2D eigenvalue weighted by molar-refractivity contribution is 8.04. The highest BCUT2D eigenvalue weighted by atomic mass is 32.2. The summed E-state index contributed by atoms with van der Waals surface area (Å²) < 4.78 is 0. The number of thioether (sulfide) groups is 1. The molecule has 3 amide bonds. The van der Waals surface area contributed by atoms with Crippen molar-refractivity contribution in [3.05, 3.63) is 141 Å². The zero-order valence-electron chi connectivity index (χ0n) is 21.5. The van der Waals surface area contributed by atoms with Gasteiger partial charge in [0.15, 0.2) is 0 Å². The first-order chi connectivity index (χ1) is 18.9. The monoisotopic (exact) mass is 533 g/mol. The summed E-state index contributed by atoms with van der Waals surface area (Å²) in [6, 6.07) is 31.4. The summed E-state index contributed by atoms with van der Waals surface area (Å²) in [5.41, 5.74) is 8.31. The average Bonchev–Trinajstić information content (AvgIpc) is 3.25. The van der Waals surface area contributed by atoms with Gasteiger partial charge in [-0.15, -0.1) is 0 Å². The Hall–Kier alpha value is -4.62. The first-order valence-electron chi connectivity index (χ1n) is 12.5. The molecule has 1 saturated heterocycles. The number of hydrogen-bond acceptors (Lipinski definition) is 4. The van der Waals surface area contributed by atoms with Gasteiger partial charge < -0.3 is 5.32 Å². The fourth-order valence-corrected chi connectivity index (χ4v) is 5.28. The summed E-state index contributed by atoms with van der Waals surface area (Å²) in [5, 5.41) is 3.81. The third-order valence-corrected chi connectivity index (χ3v) is 7.56. The lowest BCUT2D eigenvalue weighted by Gasteiger charge is -2.24. The number of carbonyl (C=O) groups is 3. The van der Waals surface area contributed by atoms with Crippen LogP contribution in [0.1, 0.15) is 48.3 Å². The van der Waals surface area contributed by atoms with Crippen LogP contribution < -0.4 is 10.7 Å². The number of nitrogens with one attached hydrogen (secondary N) is 2. The molecular formula is C32H27N3O3S. The normalized spacial score (nSPS) is 15.8. The van der Waals surface area contributed by atoms with Crippen LogP contribution in [0.5, 0.6) is 0 Å². The molecule has 4 aromatic carbocycles. The minimum atomic E-state index is -0.419. The smallest absolute Gasteiger partial charge is 0.280 e. The quantitative estimate of drug-likeness (QED) is 0.277. The van der Waals surface area contributed by atoms with Crippen LogP contribution in [0.4, 0.5) is 5.69 Å². The summed E-state index contributed by atoms with van der Waals surface area (Å²) in [6.07, 6.45) is 1.85. The number of amides is 3. The Balaban J connectivity index is 1.32. The van der Waals surface area contributed by atoms with Crippen molar-refractivity contribution in [1.82, 2.24) is 10.4 Å². The maximum absolute atomic E-state index is 13.4. The van der Waals surface area contributed by atoms with E-state index in [1.54, 1.807) is 36.4 Å². The number of aryl methyl sites for hydroxylation is 2. The fourth-order valence-electron chi connectivity index (χ4n) is 4.09. The van der Waals surface area contributed by atoms with Crippen molar-refractivity contribution in [2.24, 2.45) is 0 Å². The molecule has 194 valence electrons. The maximum atomic E-state index is 13.4. The molecule has 7 heteroatoms. The van der Waals surface area contributed by atoms with Crippen LogP contribution in [-0.2, 0) is 4.79 Å². The number of carbonyl (C=O) groups excluding carboxylic acids is 3. The Kier molecular flexibility index (Phi) is 7.61. The number of anilines is 1. The minimum Gasteiger partial charge on any atom is -0.322 e. The molecule has 0 aromatic heterocycles. The summed E-state index contributed by atoms with van der Waals surface area (Å²) in [6.45, 7) is 3.97. The second-order valence-corrected chi connectivity index (χ2v) is 10.4. The molecule has 0 spiro atoms. The largest absolute Gasteiger partial charge is 0.322 e. The van der Waals surface area contributed by atoms with E-state index in [9.17, 15) is 14.4 Å². The zero-order valence-corrected chi connectivity index (χ0v) is 22.4. The van der Waals surface area contributed by atoms with Gasteiger partial charge in [-0.25, -0.2) is 5.01 Å². The molecule has 1 aliphatic rings. The number of benzene rings is 4. The van der Waals surface area contributed by atoms with Gasteiger partial charge in [0.2, 0.25) is 0 Å². The lowest BCUT2D eigenvalue weighted by molar-refractivity contribution is -0.128. The third kappa shape index (κ3) is 6.10. The Morgan fingerprint density at radius 1 is 0.744 bits per heavy atom. The summed E-state index contributed by atoms with van der Waals surface area (Å²) in [5.74, 6) is -0.923. The van der Waals surface area contributed by atoms with Crippen molar-refractivity contribution in [3.8, 4) is 0 Å². The topological polar surface area (TPSA) is 78.5 Å². The van der Waals surface area contributed by atoms with Gasteiger partial charge in [-0.05, 0) is 67.4 Å². The molecule has 1 heterocycles. The second-order valence-electron chi connectivity index (χ2n) is 9.31. The molecule has 0 radical (unpaired) electrons. The van der Waals surface area contributed by atoms with Crippen molar-refractivity contribution in [1.29, 1.82) is 0 Å². The van der Waals surface area contributed by atoms with Crippen molar-refractivity contribution in [2.45, 2.75) is 19.2 Å². The van der Waals surface area contributed by atoms with E-state index in [0.29, 0.717) is 21.7 Å². The molecule has 6 nitrogen and oxygen atoms in total. The van der Waals surface area contributed by atoms with Crippen LogP contribution in [-0.4, -0.2) is 22.7 Å². The maximum Gasteiger partial charge on any atom is 0.280 e. The van der Waals surface area contributed by atoms with E-state index in [2.05, 4.69) is 10.7 Å². The van der Waals surface area contributed by atoms with Crippen molar-refractivity contribution in [2.75, 3.05) is 5.32 Å². The van der Waals surface area contributed by atoms with Crippen LogP contribution >= 0.6 is 11.8 Å². The standard InChI is InChI=1S/C32H27N3O3S/c1-21-8-12-23(13-9-21)20-28-31(38)35(32(39-28)26-6-4-3-5-7-26)34-30(37)25-16-18-27(19-17-25)33-29(36)24-14-10-22(2)11-15-24/h3-20,32H,1-2H3,(H,33,36)(H,34,37)/b28-20-. The van der Waals surface area contributed by atoms with E-state index >= 15 is 0 Å². The Morgan fingerprint density at radius 3 is 1.95 bits per heavy atom. The van der Waals surface area contributed by atoms with Gasteiger partial charge in [-0.1, -0.05) is 89.6 Å². The van der Waals surface area contributed by atoms with Crippen molar-refractivity contribution < 1.29 is 14.4 Å². The molecule has 1 unspecified atom stereocenters. The van der Waals surface area contributed by atoms with Gasteiger partial charge in [0.05, 0.1) is 4.91 Å². The van der Waals surface area contributed by atoms with E-state index in [1.807, 2.05) is 86.7 Å². The molecular weight excluding hydrogens is 506 g/mol. The lowest BCUT2D eigenvalue weighted by Crippen LogP contribution is -2.44. The van der Waals surface area contributed by atoms with Crippen LogP contribution in [0.3, 0.4) is 0 Å². The highest BCUT2D eigenvalue weighted by Crippen LogP contribution is 2.45. The predicted molar refractivity (Wildman–Crippen MR) is 156 cm³/mol. The second kappa shape index (κ2) is 11.4. The fraction of sp³-hybridized carbons (Fsp3) is 0.0938. The van der Waals surface area contributed by atoms with E-state index < -0.39 is 11.3 Å². The molecule has 5 rings (SSSR count). The number of rotatable bonds is 6. The Bertz CT molecular complexity index is 1530. The van der Waals surface area contributed by atoms with Gasteiger partial charge in [0, 0.05) is 16.8 Å². The van der Waals surface area contributed by atoms with Crippen LogP contribution in [0.15, 0.2) is 108 Å². The molecule has 39 heavy (non-hydrogen) atoms.